The lowest BCUT2D eigenvalue weighted by molar-refractivity contribution is -0.142. The van der Waals surface area contributed by atoms with E-state index in [4.69, 9.17) is 0 Å². The number of hydrogen-bond donors (Lipinski definition) is 2. The van der Waals surface area contributed by atoms with E-state index < -0.39 is 17.9 Å². The van der Waals surface area contributed by atoms with Gasteiger partial charge in [-0.05, 0) is 39.3 Å². The first-order valence-electron chi connectivity index (χ1n) is 8.39. The summed E-state index contributed by atoms with van der Waals surface area (Å²) in [6.07, 6.45) is 0.234. The van der Waals surface area contributed by atoms with Gasteiger partial charge in [-0.2, -0.15) is 5.10 Å². The molecule has 0 aliphatic carbocycles. The third-order valence-electron chi connectivity index (χ3n) is 4.31. The van der Waals surface area contributed by atoms with Gasteiger partial charge in [0.1, 0.15) is 0 Å². The number of amides is 1. The number of nitrogens with zero attached hydrogens (tertiary/aromatic N) is 2. The van der Waals surface area contributed by atoms with Crippen LogP contribution in [0.25, 0.3) is 0 Å². The molecule has 1 aromatic heterocycles. The molecule has 0 saturated heterocycles. The summed E-state index contributed by atoms with van der Waals surface area (Å²) >= 11 is 0. The fraction of sp³-hybridized carbons (Fsp3) is 0.421. The van der Waals surface area contributed by atoms with Crippen molar-refractivity contribution in [2.45, 2.75) is 46.2 Å². The lowest BCUT2D eigenvalue weighted by Gasteiger charge is -2.24. The third-order valence-corrected chi connectivity index (χ3v) is 4.31. The molecule has 3 atom stereocenters. The van der Waals surface area contributed by atoms with Gasteiger partial charge in [-0.1, -0.05) is 30.3 Å². The number of aromatic nitrogens is 2. The average Bonchev–Trinajstić information content (AvgIpc) is 2.91. The SMILES string of the molecule is Cc1cc(C)n(C(C)CC(=O)NC(c2ccccc2)C(C)C(=O)O)n1. The van der Waals surface area contributed by atoms with Gasteiger partial charge in [0.2, 0.25) is 5.91 Å². The number of carbonyl (C=O) groups excluding carboxylic acids is 1. The van der Waals surface area contributed by atoms with Crippen molar-refractivity contribution in [1.82, 2.24) is 15.1 Å². The molecule has 1 heterocycles. The van der Waals surface area contributed by atoms with Crippen molar-refractivity contribution >= 4 is 11.9 Å². The van der Waals surface area contributed by atoms with Gasteiger partial charge >= 0.3 is 5.97 Å². The monoisotopic (exact) mass is 343 g/mol. The predicted molar refractivity (Wildman–Crippen MR) is 95.2 cm³/mol. The lowest BCUT2D eigenvalue weighted by atomic mass is 9.94. The maximum Gasteiger partial charge on any atom is 0.308 e. The summed E-state index contributed by atoms with van der Waals surface area (Å²) in [6, 6.07) is 10.5. The van der Waals surface area contributed by atoms with E-state index >= 15 is 0 Å². The summed E-state index contributed by atoms with van der Waals surface area (Å²) in [5.74, 6) is -1.86. The molecular weight excluding hydrogens is 318 g/mol. The minimum atomic E-state index is -0.944. The van der Waals surface area contributed by atoms with E-state index in [2.05, 4.69) is 10.4 Å². The molecular formula is C19H25N3O3. The molecule has 134 valence electrons. The van der Waals surface area contributed by atoms with E-state index in [9.17, 15) is 14.7 Å². The quantitative estimate of drug-likeness (QED) is 0.809. The van der Waals surface area contributed by atoms with Gasteiger partial charge in [-0.25, -0.2) is 0 Å². The fourth-order valence-corrected chi connectivity index (χ4v) is 2.98. The summed E-state index contributed by atoms with van der Waals surface area (Å²) in [6.45, 7) is 7.39. The van der Waals surface area contributed by atoms with Crippen molar-refractivity contribution in [3.63, 3.8) is 0 Å². The molecule has 0 fully saturated rings. The molecule has 0 radical (unpaired) electrons. The zero-order valence-corrected chi connectivity index (χ0v) is 15.1. The van der Waals surface area contributed by atoms with Crippen LogP contribution in [0.3, 0.4) is 0 Å². The van der Waals surface area contributed by atoms with E-state index in [1.807, 2.05) is 61.9 Å². The van der Waals surface area contributed by atoms with Gasteiger partial charge in [0, 0.05) is 12.1 Å². The van der Waals surface area contributed by atoms with E-state index in [1.165, 1.54) is 0 Å². The van der Waals surface area contributed by atoms with Gasteiger partial charge in [-0.15, -0.1) is 0 Å². The van der Waals surface area contributed by atoms with E-state index in [1.54, 1.807) is 6.92 Å². The van der Waals surface area contributed by atoms with Gasteiger partial charge < -0.3 is 10.4 Å². The second-order valence-corrected chi connectivity index (χ2v) is 6.51. The van der Waals surface area contributed by atoms with Crippen molar-refractivity contribution in [1.29, 1.82) is 0 Å². The zero-order chi connectivity index (χ0) is 18.6. The molecule has 2 N–H and O–H groups in total. The van der Waals surface area contributed by atoms with Crippen molar-refractivity contribution in [2.75, 3.05) is 0 Å². The second kappa shape index (κ2) is 7.96. The van der Waals surface area contributed by atoms with Crippen molar-refractivity contribution in [3.05, 3.63) is 53.3 Å². The molecule has 0 saturated carbocycles. The predicted octanol–water partition coefficient (Wildman–Crippen LogP) is 3.03. The maximum atomic E-state index is 12.5. The standard InChI is InChI=1S/C19H25N3O3/c1-12-10-13(2)22(21-12)14(3)11-17(23)20-18(15(4)19(24)25)16-8-6-5-7-9-16/h5-10,14-15,18H,11H2,1-4H3,(H,20,23)(H,24,25). The van der Waals surface area contributed by atoms with Crippen LogP contribution in [-0.4, -0.2) is 26.8 Å². The van der Waals surface area contributed by atoms with Crippen molar-refractivity contribution in [3.8, 4) is 0 Å². The van der Waals surface area contributed by atoms with Crippen LogP contribution < -0.4 is 5.32 Å². The van der Waals surface area contributed by atoms with Crippen LogP contribution in [-0.2, 0) is 9.59 Å². The minimum Gasteiger partial charge on any atom is -0.481 e. The Morgan fingerprint density at radius 1 is 1.20 bits per heavy atom. The summed E-state index contributed by atoms with van der Waals surface area (Å²) in [7, 11) is 0. The molecule has 0 aliphatic heterocycles. The number of carboxylic acid groups (broad SMARTS) is 1. The number of rotatable bonds is 7. The Hall–Kier alpha value is -2.63. The first kappa shape index (κ1) is 18.7. The number of carbonyl (C=O) groups is 2. The Morgan fingerprint density at radius 3 is 2.36 bits per heavy atom. The molecule has 0 aliphatic rings. The number of carboxylic acids is 1. The summed E-state index contributed by atoms with van der Waals surface area (Å²) < 4.78 is 1.83. The molecule has 25 heavy (non-hydrogen) atoms. The van der Waals surface area contributed by atoms with Gasteiger partial charge in [0.15, 0.2) is 0 Å². The second-order valence-electron chi connectivity index (χ2n) is 6.51. The number of benzene rings is 1. The Balaban J connectivity index is 2.11. The first-order valence-corrected chi connectivity index (χ1v) is 8.39. The van der Waals surface area contributed by atoms with Crippen LogP contribution in [0.4, 0.5) is 0 Å². The molecule has 3 unspecified atom stereocenters. The summed E-state index contributed by atoms with van der Waals surface area (Å²) in [5.41, 5.74) is 2.69. The summed E-state index contributed by atoms with van der Waals surface area (Å²) in [5, 5.41) is 16.6. The van der Waals surface area contributed by atoms with E-state index in [0.29, 0.717) is 0 Å². The Bertz CT molecular complexity index is 740. The highest BCUT2D eigenvalue weighted by molar-refractivity contribution is 5.78. The highest BCUT2D eigenvalue weighted by atomic mass is 16.4. The molecule has 1 aromatic carbocycles. The fourth-order valence-electron chi connectivity index (χ4n) is 2.98. The van der Waals surface area contributed by atoms with Gasteiger partial charge in [-0.3, -0.25) is 14.3 Å². The maximum absolute atomic E-state index is 12.5. The first-order chi connectivity index (χ1) is 11.8. The van der Waals surface area contributed by atoms with Gasteiger partial charge in [0.25, 0.3) is 0 Å². The van der Waals surface area contributed by atoms with E-state index in [-0.39, 0.29) is 18.4 Å². The molecule has 2 rings (SSSR count). The topological polar surface area (TPSA) is 84.2 Å². The summed E-state index contributed by atoms with van der Waals surface area (Å²) in [4.78, 5) is 23.9. The van der Waals surface area contributed by atoms with Crippen molar-refractivity contribution < 1.29 is 14.7 Å². The number of aliphatic carboxylic acids is 1. The van der Waals surface area contributed by atoms with Gasteiger partial charge in [0.05, 0.1) is 23.7 Å². The number of nitrogens with one attached hydrogen (secondary N) is 1. The molecule has 6 nitrogen and oxygen atoms in total. The Kier molecular flexibility index (Phi) is 5.96. The molecule has 6 heteroatoms. The third kappa shape index (κ3) is 4.68. The van der Waals surface area contributed by atoms with E-state index in [0.717, 1.165) is 17.0 Å². The lowest BCUT2D eigenvalue weighted by Crippen LogP contribution is -2.36. The van der Waals surface area contributed by atoms with Crippen LogP contribution in [0, 0.1) is 19.8 Å². The number of aryl methyl sites for hydroxylation is 2. The van der Waals surface area contributed by atoms with Crippen LogP contribution in [0.15, 0.2) is 36.4 Å². The molecule has 0 bridgehead atoms. The van der Waals surface area contributed by atoms with Crippen LogP contribution in [0.1, 0.15) is 49.3 Å². The normalized spacial score (nSPS) is 14.6. The highest BCUT2D eigenvalue weighted by Gasteiger charge is 2.27. The van der Waals surface area contributed by atoms with Crippen LogP contribution in [0.2, 0.25) is 0 Å². The smallest absolute Gasteiger partial charge is 0.308 e. The highest BCUT2D eigenvalue weighted by Crippen LogP contribution is 2.23. The molecule has 2 aromatic rings. The Labute approximate surface area is 147 Å². The van der Waals surface area contributed by atoms with Crippen LogP contribution >= 0.6 is 0 Å². The van der Waals surface area contributed by atoms with Crippen molar-refractivity contribution in [2.24, 2.45) is 5.92 Å². The largest absolute Gasteiger partial charge is 0.481 e. The number of hydrogen-bond acceptors (Lipinski definition) is 3. The minimum absolute atomic E-state index is 0.106. The average molecular weight is 343 g/mol. The molecule has 1 amide bonds. The Morgan fingerprint density at radius 2 is 1.84 bits per heavy atom. The zero-order valence-electron chi connectivity index (χ0n) is 15.1. The molecule has 0 spiro atoms. The van der Waals surface area contributed by atoms with Crippen LogP contribution in [0.5, 0.6) is 0 Å².